The van der Waals surface area contributed by atoms with E-state index in [1.165, 1.54) is 32.1 Å². The van der Waals surface area contributed by atoms with Gasteiger partial charge in [0.2, 0.25) is 0 Å². The molecule has 1 aromatic carbocycles. The predicted molar refractivity (Wildman–Crippen MR) is 96.9 cm³/mol. The molecule has 0 aliphatic carbocycles. The Morgan fingerprint density at radius 1 is 1.05 bits per heavy atom. The van der Waals surface area contributed by atoms with Gasteiger partial charge in [-0.2, -0.15) is 0 Å². The van der Waals surface area contributed by atoms with Crippen LogP contribution >= 0.6 is 24.0 Å². The zero-order valence-electron chi connectivity index (χ0n) is 13.1. The van der Waals surface area contributed by atoms with Crippen molar-refractivity contribution in [2.24, 2.45) is 0 Å². The summed E-state index contributed by atoms with van der Waals surface area (Å²) in [7, 11) is 0. The van der Waals surface area contributed by atoms with Crippen molar-refractivity contribution < 1.29 is 4.42 Å². The third-order valence-electron chi connectivity index (χ3n) is 3.53. The summed E-state index contributed by atoms with van der Waals surface area (Å²) in [5.41, 5.74) is 1.02. The van der Waals surface area contributed by atoms with E-state index >= 15 is 0 Å². The summed E-state index contributed by atoms with van der Waals surface area (Å²) < 4.78 is 5.85. The highest BCUT2D eigenvalue weighted by molar-refractivity contribution is 6.30. The highest BCUT2D eigenvalue weighted by Gasteiger charge is 2.04. The molecule has 0 saturated carbocycles. The van der Waals surface area contributed by atoms with E-state index in [0.29, 0.717) is 0 Å². The van der Waals surface area contributed by atoms with Gasteiger partial charge < -0.3 is 9.73 Å². The lowest BCUT2D eigenvalue weighted by molar-refractivity contribution is 0.486. The average molecular weight is 342 g/mol. The van der Waals surface area contributed by atoms with Crippen molar-refractivity contribution in [2.45, 2.75) is 45.6 Å². The highest BCUT2D eigenvalue weighted by atomic mass is 35.5. The minimum atomic E-state index is 0. The van der Waals surface area contributed by atoms with Gasteiger partial charge in [0.1, 0.15) is 11.5 Å². The van der Waals surface area contributed by atoms with Crippen LogP contribution in [0.2, 0.25) is 5.02 Å². The SMILES string of the molecule is CCCCCCCNCc1ccc(-c2cccc(Cl)c2)o1.Cl. The van der Waals surface area contributed by atoms with Gasteiger partial charge in [-0.25, -0.2) is 0 Å². The van der Waals surface area contributed by atoms with Crippen molar-refractivity contribution in [3.63, 3.8) is 0 Å². The number of furan rings is 1. The number of hydrogen-bond donors (Lipinski definition) is 1. The van der Waals surface area contributed by atoms with Gasteiger partial charge in [0, 0.05) is 10.6 Å². The lowest BCUT2D eigenvalue weighted by Gasteiger charge is -2.03. The summed E-state index contributed by atoms with van der Waals surface area (Å²) in [6.07, 6.45) is 6.54. The molecule has 0 aliphatic rings. The monoisotopic (exact) mass is 341 g/mol. The Hall–Kier alpha value is -0.960. The maximum absolute atomic E-state index is 6.00. The molecule has 0 radical (unpaired) electrons. The number of unbranched alkanes of at least 4 members (excludes halogenated alkanes) is 4. The van der Waals surface area contributed by atoms with E-state index in [1.54, 1.807) is 0 Å². The van der Waals surface area contributed by atoms with Crippen LogP contribution < -0.4 is 5.32 Å². The molecule has 0 bridgehead atoms. The quantitative estimate of drug-likeness (QED) is 0.559. The second kappa shape index (κ2) is 10.7. The first-order chi connectivity index (χ1) is 10.3. The van der Waals surface area contributed by atoms with Crippen molar-refractivity contribution in [1.29, 1.82) is 0 Å². The average Bonchev–Trinajstić information content (AvgIpc) is 2.95. The Kier molecular flexibility index (Phi) is 9.30. The first kappa shape index (κ1) is 19.1. The lowest BCUT2D eigenvalue weighted by atomic mass is 10.1. The van der Waals surface area contributed by atoms with Gasteiger partial charge in [-0.3, -0.25) is 0 Å². The van der Waals surface area contributed by atoms with Crippen LogP contribution in [0, 0.1) is 0 Å². The molecule has 2 aromatic rings. The molecule has 0 aliphatic heterocycles. The summed E-state index contributed by atoms with van der Waals surface area (Å²) in [5.74, 6) is 1.84. The molecule has 2 nitrogen and oxygen atoms in total. The second-order valence-electron chi connectivity index (χ2n) is 5.37. The van der Waals surface area contributed by atoms with Gasteiger partial charge in [0.15, 0.2) is 0 Å². The number of hydrogen-bond acceptors (Lipinski definition) is 2. The van der Waals surface area contributed by atoms with Crippen LogP contribution in [0.5, 0.6) is 0 Å². The van der Waals surface area contributed by atoms with E-state index in [4.69, 9.17) is 16.0 Å². The number of benzene rings is 1. The smallest absolute Gasteiger partial charge is 0.134 e. The molecule has 2 rings (SSSR count). The van der Waals surface area contributed by atoms with Gasteiger partial charge in [-0.1, -0.05) is 56.3 Å². The van der Waals surface area contributed by atoms with Crippen LogP contribution in [0.4, 0.5) is 0 Å². The van der Waals surface area contributed by atoms with Gasteiger partial charge in [-0.15, -0.1) is 12.4 Å². The Labute approximate surface area is 144 Å². The van der Waals surface area contributed by atoms with Crippen molar-refractivity contribution in [3.8, 4) is 11.3 Å². The van der Waals surface area contributed by atoms with Crippen molar-refractivity contribution in [1.82, 2.24) is 5.32 Å². The Morgan fingerprint density at radius 2 is 1.86 bits per heavy atom. The molecule has 1 heterocycles. The molecule has 0 saturated heterocycles. The molecule has 1 N–H and O–H groups in total. The van der Waals surface area contributed by atoms with E-state index in [9.17, 15) is 0 Å². The van der Waals surface area contributed by atoms with Crippen molar-refractivity contribution in [3.05, 3.63) is 47.2 Å². The van der Waals surface area contributed by atoms with E-state index in [0.717, 1.165) is 35.2 Å². The summed E-state index contributed by atoms with van der Waals surface area (Å²) >= 11 is 6.00. The zero-order chi connectivity index (χ0) is 14.9. The van der Waals surface area contributed by atoms with Crippen LogP contribution in [0.15, 0.2) is 40.8 Å². The fourth-order valence-corrected chi connectivity index (χ4v) is 2.53. The molecule has 22 heavy (non-hydrogen) atoms. The third kappa shape index (κ3) is 6.43. The van der Waals surface area contributed by atoms with E-state index in [1.807, 2.05) is 36.4 Å². The first-order valence-electron chi connectivity index (χ1n) is 7.85. The van der Waals surface area contributed by atoms with Crippen LogP contribution in [-0.2, 0) is 6.54 Å². The molecule has 0 amide bonds. The van der Waals surface area contributed by atoms with Crippen LogP contribution in [0.25, 0.3) is 11.3 Å². The lowest BCUT2D eigenvalue weighted by Crippen LogP contribution is -2.14. The maximum Gasteiger partial charge on any atom is 0.134 e. The van der Waals surface area contributed by atoms with Crippen molar-refractivity contribution >= 4 is 24.0 Å². The van der Waals surface area contributed by atoms with Crippen LogP contribution in [-0.4, -0.2) is 6.54 Å². The minimum Gasteiger partial charge on any atom is -0.460 e. The minimum absolute atomic E-state index is 0. The third-order valence-corrected chi connectivity index (χ3v) is 3.76. The highest BCUT2D eigenvalue weighted by Crippen LogP contribution is 2.24. The van der Waals surface area contributed by atoms with Crippen LogP contribution in [0.3, 0.4) is 0 Å². The number of halogens is 2. The standard InChI is InChI=1S/C18H24ClNO.ClH/c1-2-3-4-5-6-12-20-14-17-10-11-18(21-17)15-8-7-9-16(19)13-15;/h7-11,13,20H,2-6,12,14H2,1H3;1H. The number of nitrogens with one attached hydrogen (secondary N) is 1. The summed E-state index contributed by atoms with van der Waals surface area (Å²) in [5, 5.41) is 4.17. The summed E-state index contributed by atoms with van der Waals surface area (Å²) in [6, 6.07) is 11.8. The Morgan fingerprint density at radius 3 is 2.64 bits per heavy atom. The largest absolute Gasteiger partial charge is 0.460 e. The maximum atomic E-state index is 6.00. The molecule has 0 fully saturated rings. The van der Waals surface area contributed by atoms with Crippen molar-refractivity contribution in [2.75, 3.05) is 6.54 Å². The Balaban J connectivity index is 0.00000242. The van der Waals surface area contributed by atoms with Gasteiger partial charge in [0.25, 0.3) is 0 Å². The molecule has 1 aromatic heterocycles. The van der Waals surface area contributed by atoms with Crippen LogP contribution in [0.1, 0.15) is 44.8 Å². The summed E-state index contributed by atoms with van der Waals surface area (Å²) in [6.45, 7) is 4.08. The molecule has 0 spiro atoms. The summed E-state index contributed by atoms with van der Waals surface area (Å²) in [4.78, 5) is 0. The number of rotatable bonds is 9. The second-order valence-corrected chi connectivity index (χ2v) is 5.80. The van der Waals surface area contributed by atoms with E-state index in [2.05, 4.69) is 12.2 Å². The topological polar surface area (TPSA) is 25.2 Å². The zero-order valence-corrected chi connectivity index (χ0v) is 14.7. The normalized spacial score (nSPS) is 10.5. The molecule has 0 atom stereocenters. The Bertz CT molecular complexity index is 539. The van der Waals surface area contributed by atoms with Gasteiger partial charge >= 0.3 is 0 Å². The van der Waals surface area contributed by atoms with Gasteiger partial charge in [0.05, 0.1) is 6.54 Å². The fourth-order valence-electron chi connectivity index (χ4n) is 2.33. The molecule has 0 unspecified atom stereocenters. The molecular formula is C18H25Cl2NO. The van der Waals surface area contributed by atoms with E-state index in [-0.39, 0.29) is 12.4 Å². The van der Waals surface area contributed by atoms with Gasteiger partial charge in [-0.05, 0) is 37.2 Å². The molecule has 4 heteroatoms. The molecular weight excluding hydrogens is 317 g/mol. The molecule has 122 valence electrons. The van der Waals surface area contributed by atoms with E-state index < -0.39 is 0 Å². The predicted octanol–water partition coefficient (Wildman–Crippen LogP) is 6.08. The first-order valence-corrected chi connectivity index (χ1v) is 8.23. The fraction of sp³-hybridized carbons (Fsp3) is 0.444.